The summed E-state index contributed by atoms with van der Waals surface area (Å²) in [6, 6.07) is 5.42. The molecule has 1 aliphatic rings. The lowest BCUT2D eigenvalue weighted by Crippen LogP contribution is -2.19. The molecule has 0 spiro atoms. The SMILES string of the molecule is CCC(Cc1cc(F)c(OC)cc1C)C(c1nccc2[nH]cnc12)C1CC1. The van der Waals surface area contributed by atoms with Gasteiger partial charge in [-0.3, -0.25) is 4.98 Å². The molecule has 2 unspecified atom stereocenters. The Labute approximate surface area is 159 Å². The van der Waals surface area contributed by atoms with Gasteiger partial charge in [-0.05, 0) is 67.3 Å². The summed E-state index contributed by atoms with van der Waals surface area (Å²) < 4.78 is 19.4. The van der Waals surface area contributed by atoms with Gasteiger partial charge in [0.2, 0.25) is 0 Å². The van der Waals surface area contributed by atoms with Gasteiger partial charge >= 0.3 is 0 Å². The van der Waals surface area contributed by atoms with E-state index in [0.717, 1.165) is 40.7 Å². The van der Waals surface area contributed by atoms with Gasteiger partial charge in [-0.25, -0.2) is 9.37 Å². The number of rotatable bonds is 7. The van der Waals surface area contributed by atoms with Crippen molar-refractivity contribution < 1.29 is 9.13 Å². The fourth-order valence-corrected chi connectivity index (χ4v) is 4.30. The van der Waals surface area contributed by atoms with Crippen molar-refractivity contribution in [3.8, 4) is 5.75 Å². The zero-order valence-corrected chi connectivity index (χ0v) is 16.1. The number of methoxy groups -OCH3 is 1. The molecule has 2 aromatic heterocycles. The largest absolute Gasteiger partial charge is 0.494 e. The average Bonchev–Trinajstić information content (AvgIpc) is 3.38. The molecule has 1 saturated carbocycles. The molecular formula is C22H26FN3O. The second-order valence-corrected chi connectivity index (χ2v) is 7.64. The number of pyridine rings is 1. The second-order valence-electron chi connectivity index (χ2n) is 7.64. The van der Waals surface area contributed by atoms with E-state index in [0.29, 0.717) is 23.5 Å². The number of nitrogens with zero attached hydrogens (tertiary/aromatic N) is 2. The topological polar surface area (TPSA) is 50.8 Å². The Morgan fingerprint density at radius 3 is 2.81 bits per heavy atom. The summed E-state index contributed by atoms with van der Waals surface area (Å²) in [5.74, 6) is 1.42. The maximum Gasteiger partial charge on any atom is 0.165 e. The number of nitrogens with one attached hydrogen (secondary N) is 1. The highest BCUT2D eigenvalue weighted by Gasteiger charge is 2.39. The molecule has 3 aromatic rings. The van der Waals surface area contributed by atoms with Crippen molar-refractivity contribution in [2.75, 3.05) is 7.11 Å². The quantitative estimate of drug-likeness (QED) is 0.626. The number of aryl methyl sites for hydroxylation is 1. The van der Waals surface area contributed by atoms with Crippen LogP contribution >= 0.6 is 0 Å². The summed E-state index contributed by atoms with van der Waals surface area (Å²) in [4.78, 5) is 12.5. The summed E-state index contributed by atoms with van der Waals surface area (Å²) in [6.07, 6.45) is 7.95. The lowest BCUT2D eigenvalue weighted by atomic mass is 9.78. The van der Waals surface area contributed by atoms with Crippen LogP contribution in [0.4, 0.5) is 4.39 Å². The van der Waals surface area contributed by atoms with Gasteiger partial charge in [0.15, 0.2) is 11.6 Å². The number of hydrogen-bond acceptors (Lipinski definition) is 3. The lowest BCUT2D eigenvalue weighted by Gasteiger charge is -2.27. The van der Waals surface area contributed by atoms with Crippen molar-refractivity contribution >= 4 is 11.0 Å². The summed E-state index contributed by atoms with van der Waals surface area (Å²) in [7, 11) is 1.51. The molecule has 142 valence electrons. The number of aromatic amines is 1. The molecule has 0 bridgehead atoms. The van der Waals surface area contributed by atoms with E-state index in [4.69, 9.17) is 9.72 Å². The van der Waals surface area contributed by atoms with Crippen LogP contribution in [0, 0.1) is 24.6 Å². The fraction of sp³-hybridized carbons (Fsp3) is 0.455. The summed E-state index contributed by atoms with van der Waals surface area (Å²) in [5, 5.41) is 0. The Balaban J connectivity index is 1.70. The lowest BCUT2D eigenvalue weighted by molar-refractivity contribution is 0.364. The molecule has 5 heteroatoms. The number of ether oxygens (including phenoxy) is 1. The summed E-state index contributed by atoms with van der Waals surface area (Å²) in [6.45, 7) is 4.25. The maximum atomic E-state index is 14.3. The number of halogens is 1. The smallest absolute Gasteiger partial charge is 0.165 e. The molecule has 2 heterocycles. The summed E-state index contributed by atoms with van der Waals surface area (Å²) >= 11 is 0. The Bertz CT molecular complexity index is 948. The van der Waals surface area contributed by atoms with Crippen molar-refractivity contribution in [2.24, 2.45) is 11.8 Å². The Morgan fingerprint density at radius 2 is 2.11 bits per heavy atom. The van der Waals surface area contributed by atoms with E-state index < -0.39 is 0 Å². The van der Waals surface area contributed by atoms with Crippen LogP contribution in [0.1, 0.15) is 48.9 Å². The first-order valence-corrected chi connectivity index (χ1v) is 9.73. The van der Waals surface area contributed by atoms with Crippen molar-refractivity contribution in [2.45, 2.75) is 45.4 Å². The maximum absolute atomic E-state index is 14.3. The van der Waals surface area contributed by atoms with E-state index in [1.165, 1.54) is 20.0 Å². The molecular weight excluding hydrogens is 341 g/mol. The molecule has 1 fully saturated rings. The van der Waals surface area contributed by atoms with Gasteiger partial charge in [-0.15, -0.1) is 0 Å². The van der Waals surface area contributed by atoms with Crippen LogP contribution in [-0.4, -0.2) is 22.1 Å². The summed E-state index contributed by atoms with van der Waals surface area (Å²) in [5.41, 5.74) is 5.24. The van der Waals surface area contributed by atoms with E-state index in [9.17, 15) is 4.39 Å². The Kier molecular flexibility index (Phi) is 4.85. The molecule has 0 saturated heterocycles. The monoisotopic (exact) mass is 367 g/mol. The third-order valence-electron chi connectivity index (χ3n) is 5.94. The highest BCUT2D eigenvalue weighted by atomic mass is 19.1. The van der Waals surface area contributed by atoms with Gasteiger partial charge in [-0.2, -0.15) is 0 Å². The standard InChI is InChI=1S/C22H26FN3O/c1-4-14(10-16-11-17(23)19(27-3)9-13(16)2)20(15-5-6-15)22-21-18(7-8-24-22)25-12-26-21/h7-9,11-12,14-15,20H,4-6,10H2,1-3H3,(H,25,26). The third kappa shape index (κ3) is 3.43. The zero-order chi connectivity index (χ0) is 19.0. The van der Waals surface area contributed by atoms with Crippen LogP contribution in [-0.2, 0) is 6.42 Å². The first-order chi connectivity index (χ1) is 13.1. The zero-order valence-electron chi connectivity index (χ0n) is 16.1. The van der Waals surface area contributed by atoms with E-state index >= 15 is 0 Å². The normalized spacial score (nSPS) is 16.4. The predicted molar refractivity (Wildman–Crippen MR) is 105 cm³/mol. The number of imidazole rings is 1. The second kappa shape index (κ2) is 7.29. The molecule has 27 heavy (non-hydrogen) atoms. The number of aromatic nitrogens is 3. The van der Waals surface area contributed by atoms with Gasteiger partial charge in [-0.1, -0.05) is 13.3 Å². The van der Waals surface area contributed by atoms with Crippen LogP contribution in [0.5, 0.6) is 5.75 Å². The molecule has 4 rings (SSSR count). The predicted octanol–water partition coefficient (Wildman–Crippen LogP) is 5.18. The van der Waals surface area contributed by atoms with Crippen molar-refractivity contribution in [3.05, 3.63) is 53.4 Å². The molecule has 1 aromatic carbocycles. The number of benzene rings is 1. The molecule has 0 amide bonds. The molecule has 0 radical (unpaired) electrons. The van der Waals surface area contributed by atoms with Gasteiger partial charge in [0.1, 0.15) is 5.52 Å². The first kappa shape index (κ1) is 18.0. The van der Waals surface area contributed by atoms with E-state index in [2.05, 4.69) is 16.9 Å². The van der Waals surface area contributed by atoms with Gasteiger partial charge < -0.3 is 9.72 Å². The van der Waals surface area contributed by atoms with Gasteiger partial charge in [0, 0.05) is 12.1 Å². The highest BCUT2D eigenvalue weighted by molar-refractivity contribution is 5.77. The van der Waals surface area contributed by atoms with Crippen LogP contribution in [0.25, 0.3) is 11.0 Å². The van der Waals surface area contributed by atoms with Crippen LogP contribution in [0.3, 0.4) is 0 Å². The van der Waals surface area contributed by atoms with Crippen molar-refractivity contribution in [1.29, 1.82) is 0 Å². The molecule has 1 aliphatic carbocycles. The minimum absolute atomic E-state index is 0.288. The number of H-pyrrole nitrogens is 1. The number of fused-ring (bicyclic) bond motifs is 1. The Morgan fingerprint density at radius 1 is 1.30 bits per heavy atom. The van der Waals surface area contributed by atoms with Crippen molar-refractivity contribution in [3.63, 3.8) is 0 Å². The average molecular weight is 367 g/mol. The fourth-order valence-electron chi connectivity index (χ4n) is 4.30. The molecule has 1 N–H and O–H groups in total. The van der Waals surface area contributed by atoms with Gasteiger partial charge in [0.25, 0.3) is 0 Å². The van der Waals surface area contributed by atoms with Crippen molar-refractivity contribution in [1.82, 2.24) is 15.0 Å². The third-order valence-corrected chi connectivity index (χ3v) is 5.94. The Hall–Kier alpha value is -2.43. The van der Waals surface area contributed by atoms with E-state index in [1.54, 1.807) is 18.5 Å². The van der Waals surface area contributed by atoms with Crippen LogP contribution in [0.15, 0.2) is 30.7 Å². The van der Waals surface area contributed by atoms with Crippen LogP contribution < -0.4 is 4.74 Å². The molecule has 4 nitrogen and oxygen atoms in total. The molecule has 2 atom stereocenters. The van der Waals surface area contributed by atoms with Crippen LogP contribution in [0.2, 0.25) is 0 Å². The first-order valence-electron chi connectivity index (χ1n) is 9.73. The minimum Gasteiger partial charge on any atom is -0.494 e. The molecule has 0 aliphatic heterocycles. The minimum atomic E-state index is -0.288. The van der Waals surface area contributed by atoms with E-state index in [-0.39, 0.29) is 5.82 Å². The van der Waals surface area contributed by atoms with E-state index in [1.807, 2.05) is 19.2 Å². The van der Waals surface area contributed by atoms with Gasteiger partial charge in [0.05, 0.1) is 24.6 Å². The number of hydrogen-bond donors (Lipinski definition) is 1. The highest BCUT2D eigenvalue weighted by Crippen LogP contribution is 2.49.